The average Bonchev–Trinajstić information content (AvgIpc) is 2.26. The van der Waals surface area contributed by atoms with Crippen molar-refractivity contribution in [3.8, 4) is 0 Å². The maximum Gasteiger partial charge on any atom is 0.320 e. The quantitative estimate of drug-likeness (QED) is 0.591. The molecule has 0 saturated heterocycles. The molecule has 0 aliphatic heterocycles. The molecule has 18 heavy (non-hydrogen) atoms. The summed E-state index contributed by atoms with van der Waals surface area (Å²) in [4.78, 5) is 13.2. The third-order valence-corrected chi connectivity index (χ3v) is 4.80. The van der Waals surface area contributed by atoms with Crippen LogP contribution in [0.5, 0.6) is 0 Å². The molecule has 0 N–H and O–H groups in total. The van der Waals surface area contributed by atoms with Crippen LogP contribution in [-0.2, 0) is 19.4 Å². The number of ether oxygens (including phenoxy) is 1. The summed E-state index contributed by atoms with van der Waals surface area (Å²) in [5.74, 6) is -0.211. The fourth-order valence-electron chi connectivity index (χ4n) is 1.47. The zero-order valence-corrected chi connectivity index (χ0v) is 12.6. The fraction of sp³-hybridized carbons (Fsp3) is 0.917. The standard InChI is InChI=1S/C12H25NO4S/c1-5-7-13(10-12(14)17-6-2)8-9-18(15,16)11(3)4/h11H,5-10H2,1-4H3. The van der Waals surface area contributed by atoms with Gasteiger partial charge < -0.3 is 4.74 Å². The van der Waals surface area contributed by atoms with Gasteiger partial charge in [0.2, 0.25) is 0 Å². The van der Waals surface area contributed by atoms with E-state index in [4.69, 9.17) is 4.74 Å². The number of rotatable bonds is 9. The molecule has 0 saturated carbocycles. The van der Waals surface area contributed by atoms with Gasteiger partial charge in [0.05, 0.1) is 24.2 Å². The Labute approximate surface area is 110 Å². The van der Waals surface area contributed by atoms with E-state index >= 15 is 0 Å². The van der Waals surface area contributed by atoms with Crippen molar-refractivity contribution in [2.75, 3.05) is 32.0 Å². The first-order chi connectivity index (χ1) is 8.33. The van der Waals surface area contributed by atoms with E-state index in [9.17, 15) is 13.2 Å². The Morgan fingerprint density at radius 1 is 1.22 bits per heavy atom. The van der Waals surface area contributed by atoms with Gasteiger partial charge in [0, 0.05) is 6.54 Å². The van der Waals surface area contributed by atoms with E-state index in [2.05, 4.69) is 0 Å². The van der Waals surface area contributed by atoms with Gasteiger partial charge in [-0.05, 0) is 33.7 Å². The summed E-state index contributed by atoms with van der Waals surface area (Å²) in [6.07, 6.45) is 0.876. The van der Waals surface area contributed by atoms with Crippen LogP contribution in [0, 0.1) is 0 Å². The number of hydrogen-bond donors (Lipinski definition) is 0. The highest BCUT2D eigenvalue weighted by Gasteiger charge is 2.19. The summed E-state index contributed by atoms with van der Waals surface area (Å²) in [5, 5.41) is -0.372. The summed E-state index contributed by atoms with van der Waals surface area (Å²) in [6, 6.07) is 0. The monoisotopic (exact) mass is 279 g/mol. The molecule has 0 atom stereocenters. The molecule has 6 heteroatoms. The summed E-state index contributed by atoms with van der Waals surface area (Å²) in [6.45, 7) is 8.69. The van der Waals surface area contributed by atoms with Gasteiger partial charge in [-0.1, -0.05) is 6.92 Å². The number of esters is 1. The molecule has 0 fully saturated rings. The fourth-order valence-corrected chi connectivity index (χ4v) is 2.45. The van der Waals surface area contributed by atoms with Gasteiger partial charge in [0.25, 0.3) is 0 Å². The van der Waals surface area contributed by atoms with E-state index in [0.717, 1.165) is 6.42 Å². The molecule has 5 nitrogen and oxygen atoms in total. The first-order valence-electron chi connectivity index (χ1n) is 6.43. The molecule has 0 aromatic heterocycles. The highest BCUT2D eigenvalue weighted by molar-refractivity contribution is 7.92. The third kappa shape index (κ3) is 6.96. The first kappa shape index (κ1) is 17.4. The van der Waals surface area contributed by atoms with Crippen molar-refractivity contribution in [1.29, 1.82) is 0 Å². The van der Waals surface area contributed by atoms with Crippen LogP contribution in [0.4, 0.5) is 0 Å². The van der Waals surface area contributed by atoms with Crippen molar-refractivity contribution in [2.45, 2.75) is 39.4 Å². The third-order valence-electron chi connectivity index (χ3n) is 2.61. The van der Waals surface area contributed by atoms with E-state index in [1.807, 2.05) is 11.8 Å². The van der Waals surface area contributed by atoms with Crippen molar-refractivity contribution in [2.24, 2.45) is 0 Å². The van der Waals surface area contributed by atoms with Gasteiger partial charge in [-0.25, -0.2) is 8.42 Å². The van der Waals surface area contributed by atoms with Crippen molar-refractivity contribution in [1.82, 2.24) is 4.90 Å². The number of carbonyl (C=O) groups is 1. The van der Waals surface area contributed by atoms with Crippen molar-refractivity contribution >= 4 is 15.8 Å². The van der Waals surface area contributed by atoms with E-state index in [-0.39, 0.29) is 23.5 Å². The number of hydrogen-bond acceptors (Lipinski definition) is 5. The highest BCUT2D eigenvalue weighted by atomic mass is 32.2. The Kier molecular flexibility index (Phi) is 8.18. The largest absolute Gasteiger partial charge is 0.465 e. The van der Waals surface area contributed by atoms with Gasteiger partial charge >= 0.3 is 5.97 Å². The van der Waals surface area contributed by atoms with E-state index in [1.54, 1.807) is 20.8 Å². The maximum atomic E-state index is 11.7. The van der Waals surface area contributed by atoms with Gasteiger partial charge in [-0.2, -0.15) is 0 Å². The molecular weight excluding hydrogens is 254 g/mol. The molecule has 0 unspecified atom stereocenters. The second-order valence-corrected chi connectivity index (χ2v) is 7.17. The number of carbonyl (C=O) groups excluding carboxylic acids is 1. The van der Waals surface area contributed by atoms with Gasteiger partial charge in [-0.3, -0.25) is 9.69 Å². The minimum Gasteiger partial charge on any atom is -0.465 e. The number of nitrogens with zero attached hydrogens (tertiary/aromatic N) is 1. The molecule has 0 spiro atoms. The molecule has 0 radical (unpaired) electrons. The topological polar surface area (TPSA) is 63.7 Å². The number of sulfone groups is 1. The smallest absolute Gasteiger partial charge is 0.320 e. The lowest BCUT2D eigenvalue weighted by atomic mass is 10.4. The Bertz CT molecular complexity index is 338. The van der Waals surface area contributed by atoms with Crippen LogP contribution in [0.3, 0.4) is 0 Å². The Hall–Kier alpha value is -0.620. The minimum absolute atomic E-state index is 0.0874. The summed E-state index contributed by atoms with van der Waals surface area (Å²) in [5.41, 5.74) is 0. The molecule has 0 aromatic rings. The maximum absolute atomic E-state index is 11.7. The second kappa shape index (κ2) is 8.48. The van der Waals surface area contributed by atoms with Crippen molar-refractivity contribution in [3.05, 3.63) is 0 Å². The average molecular weight is 279 g/mol. The van der Waals surface area contributed by atoms with E-state index in [1.165, 1.54) is 0 Å². The molecule has 0 aromatic carbocycles. The normalized spacial score (nSPS) is 12.1. The SMILES string of the molecule is CCCN(CCS(=O)(=O)C(C)C)CC(=O)OCC. The van der Waals surface area contributed by atoms with Gasteiger partial charge in [0.15, 0.2) is 9.84 Å². The van der Waals surface area contributed by atoms with Gasteiger partial charge in [-0.15, -0.1) is 0 Å². The summed E-state index contributed by atoms with van der Waals surface area (Å²) in [7, 11) is -3.05. The molecule has 0 heterocycles. The molecular formula is C12H25NO4S. The van der Waals surface area contributed by atoms with Crippen LogP contribution in [-0.4, -0.2) is 56.5 Å². The van der Waals surface area contributed by atoms with Crippen molar-refractivity contribution < 1.29 is 17.9 Å². The van der Waals surface area contributed by atoms with Crippen LogP contribution in [0.2, 0.25) is 0 Å². The molecule has 0 bridgehead atoms. The van der Waals surface area contributed by atoms with Crippen LogP contribution < -0.4 is 0 Å². The zero-order chi connectivity index (χ0) is 14.2. The lowest BCUT2D eigenvalue weighted by Crippen LogP contribution is -2.36. The van der Waals surface area contributed by atoms with E-state index in [0.29, 0.717) is 19.7 Å². The van der Waals surface area contributed by atoms with E-state index < -0.39 is 9.84 Å². The second-order valence-electron chi connectivity index (χ2n) is 4.50. The Morgan fingerprint density at radius 3 is 2.28 bits per heavy atom. The lowest BCUT2D eigenvalue weighted by Gasteiger charge is -2.21. The Morgan fingerprint density at radius 2 is 1.83 bits per heavy atom. The molecule has 0 aliphatic rings. The first-order valence-corrected chi connectivity index (χ1v) is 8.14. The summed E-state index contributed by atoms with van der Waals surface area (Å²) < 4.78 is 28.3. The van der Waals surface area contributed by atoms with Crippen LogP contribution in [0.25, 0.3) is 0 Å². The highest BCUT2D eigenvalue weighted by Crippen LogP contribution is 2.02. The molecule has 0 rings (SSSR count). The summed E-state index contributed by atoms with van der Waals surface area (Å²) >= 11 is 0. The van der Waals surface area contributed by atoms with Gasteiger partial charge in [0.1, 0.15) is 0 Å². The Balaban J connectivity index is 4.32. The zero-order valence-electron chi connectivity index (χ0n) is 11.8. The predicted molar refractivity (Wildman–Crippen MR) is 72.3 cm³/mol. The molecule has 0 aliphatic carbocycles. The van der Waals surface area contributed by atoms with Crippen LogP contribution in [0.15, 0.2) is 0 Å². The predicted octanol–water partition coefficient (Wildman–Crippen LogP) is 1.08. The van der Waals surface area contributed by atoms with Crippen LogP contribution >= 0.6 is 0 Å². The molecule has 108 valence electrons. The van der Waals surface area contributed by atoms with Crippen molar-refractivity contribution in [3.63, 3.8) is 0 Å². The minimum atomic E-state index is -3.05. The lowest BCUT2D eigenvalue weighted by molar-refractivity contribution is -0.144. The van der Waals surface area contributed by atoms with Crippen LogP contribution in [0.1, 0.15) is 34.1 Å². The molecule has 0 amide bonds.